The number of carbonyl (C=O) groups is 1. The predicted octanol–water partition coefficient (Wildman–Crippen LogP) is 1.18. The van der Waals surface area contributed by atoms with E-state index in [1.807, 2.05) is 0 Å². The Kier molecular flexibility index (Phi) is 7.28. The van der Waals surface area contributed by atoms with Gasteiger partial charge >= 0.3 is 0 Å². The van der Waals surface area contributed by atoms with Gasteiger partial charge in [0.15, 0.2) is 0 Å². The Labute approximate surface area is 112 Å². The van der Waals surface area contributed by atoms with E-state index in [-0.39, 0.29) is 5.91 Å². The van der Waals surface area contributed by atoms with Gasteiger partial charge in [0.2, 0.25) is 5.91 Å². The molecule has 1 N–H and O–H groups in total. The molecule has 1 fully saturated rings. The van der Waals surface area contributed by atoms with Crippen LogP contribution in [0.1, 0.15) is 33.6 Å². The van der Waals surface area contributed by atoms with E-state index in [4.69, 9.17) is 0 Å². The highest BCUT2D eigenvalue weighted by Gasteiger charge is 2.18. The molecular formula is C14H29N3O. The zero-order chi connectivity index (χ0) is 13.4. The van der Waals surface area contributed by atoms with Gasteiger partial charge in [-0.1, -0.05) is 20.8 Å². The molecule has 0 atom stereocenters. The molecule has 0 aromatic carbocycles. The Hall–Kier alpha value is -0.610. The number of hydrogen-bond donors (Lipinski definition) is 1. The van der Waals surface area contributed by atoms with Gasteiger partial charge in [-0.05, 0) is 25.3 Å². The third-order valence-corrected chi connectivity index (χ3v) is 3.43. The zero-order valence-electron chi connectivity index (χ0n) is 12.2. The summed E-state index contributed by atoms with van der Waals surface area (Å²) in [6.45, 7) is 13.5. The largest absolute Gasteiger partial charge is 0.355 e. The van der Waals surface area contributed by atoms with Crippen molar-refractivity contribution < 1.29 is 4.79 Å². The summed E-state index contributed by atoms with van der Waals surface area (Å²) in [5.41, 5.74) is 0. The van der Waals surface area contributed by atoms with Crippen molar-refractivity contribution in [2.24, 2.45) is 5.92 Å². The number of amides is 1. The van der Waals surface area contributed by atoms with Crippen LogP contribution in [0.5, 0.6) is 0 Å². The van der Waals surface area contributed by atoms with Crippen LogP contribution in [0.15, 0.2) is 0 Å². The first-order valence-corrected chi connectivity index (χ1v) is 7.33. The van der Waals surface area contributed by atoms with Crippen molar-refractivity contribution in [3.8, 4) is 0 Å². The SMILES string of the molecule is CCCNC(=O)CN1CCN(CCC(C)C)CC1. The monoisotopic (exact) mass is 255 g/mol. The third kappa shape index (κ3) is 6.36. The summed E-state index contributed by atoms with van der Waals surface area (Å²) >= 11 is 0. The molecule has 106 valence electrons. The minimum absolute atomic E-state index is 0.174. The van der Waals surface area contributed by atoms with Crippen LogP contribution in [0.25, 0.3) is 0 Å². The second-order valence-electron chi connectivity index (χ2n) is 5.65. The topological polar surface area (TPSA) is 35.6 Å². The molecule has 1 rings (SSSR count). The van der Waals surface area contributed by atoms with Crippen molar-refractivity contribution in [3.63, 3.8) is 0 Å². The van der Waals surface area contributed by atoms with Crippen molar-refractivity contribution >= 4 is 5.91 Å². The molecule has 1 amide bonds. The first kappa shape index (κ1) is 15.4. The molecule has 1 saturated heterocycles. The van der Waals surface area contributed by atoms with E-state index in [0.29, 0.717) is 6.54 Å². The van der Waals surface area contributed by atoms with E-state index in [1.54, 1.807) is 0 Å². The molecule has 0 radical (unpaired) electrons. The highest BCUT2D eigenvalue weighted by molar-refractivity contribution is 5.77. The Morgan fingerprint density at radius 2 is 1.78 bits per heavy atom. The van der Waals surface area contributed by atoms with E-state index in [1.165, 1.54) is 13.0 Å². The average molecular weight is 255 g/mol. The third-order valence-electron chi connectivity index (χ3n) is 3.43. The minimum atomic E-state index is 0.174. The van der Waals surface area contributed by atoms with Crippen LogP contribution in [0.3, 0.4) is 0 Å². The second kappa shape index (κ2) is 8.48. The molecule has 0 unspecified atom stereocenters. The maximum atomic E-state index is 11.6. The Morgan fingerprint density at radius 3 is 2.33 bits per heavy atom. The van der Waals surface area contributed by atoms with Crippen LogP contribution in [-0.2, 0) is 4.79 Å². The molecule has 0 saturated carbocycles. The fourth-order valence-electron chi connectivity index (χ4n) is 2.14. The molecule has 0 bridgehead atoms. The van der Waals surface area contributed by atoms with Gasteiger partial charge in [-0.25, -0.2) is 0 Å². The van der Waals surface area contributed by atoms with Crippen LogP contribution < -0.4 is 5.32 Å². The van der Waals surface area contributed by atoms with Gasteiger partial charge < -0.3 is 10.2 Å². The predicted molar refractivity (Wildman–Crippen MR) is 75.6 cm³/mol. The van der Waals surface area contributed by atoms with E-state index in [2.05, 4.69) is 35.9 Å². The lowest BCUT2D eigenvalue weighted by Gasteiger charge is -2.34. The molecule has 1 aliphatic heterocycles. The normalized spacial score (nSPS) is 18.2. The lowest BCUT2D eigenvalue weighted by molar-refractivity contribution is -0.122. The molecule has 4 heteroatoms. The van der Waals surface area contributed by atoms with E-state index < -0.39 is 0 Å². The van der Waals surface area contributed by atoms with Crippen LogP contribution in [0, 0.1) is 5.92 Å². The summed E-state index contributed by atoms with van der Waals surface area (Å²) in [4.78, 5) is 16.4. The van der Waals surface area contributed by atoms with E-state index in [9.17, 15) is 4.79 Å². The number of hydrogen-bond acceptors (Lipinski definition) is 3. The van der Waals surface area contributed by atoms with E-state index >= 15 is 0 Å². The van der Waals surface area contributed by atoms with E-state index in [0.717, 1.165) is 45.1 Å². The Morgan fingerprint density at radius 1 is 1.17 bits per heavy atom. The van der Waals surface area contributed by atoms with Crippen LogP contribution in [-0.4, -0.2) is 61.5 Å². The van der Waals surface area contributed by atoms with Gasteiger partial charge in [-0.3, -0.25) is 9.69 Å². The lowest BCUT2D eigenvalue weighted by atomic mass is 10.1. The van der Waals surface area contributed by atoms with Crippen molar-refractivity contribution in [2.45, 2.75) is 33.6 Å². The number of carbonyl (C=O) groups excluding carboxylic acids is 1. The van der Waals surface area contributed by atoms with Gasteiger partial charge in [0.25, 0.3) is 0 Å². The molecule has 4 nitrogen and oxygen atoms in total. The molecule has 1 aliphatic rings. The quantitative estimate of drug-likeness (QED) is 0.742. The summed E-state index contributed by atoms with van der Waals surface area (Å²) in [6, 6.07) is 0. The van der Waals surface area contributed by atoms with Crippen molar-refractivity contribution in [3.05, 3.63) is 0 Å². The minimum Gasteiger partial charge on any atom is -0.355 e. The van der Waals surface area contributed by atoms with Gasteiger partial charge in [0.05, 0.1) is 6.54 Å². The average Bonchev–Trinajstić information content (AvgIpc) is 2.35. The maximum Gasteiger partial charge on any atom is 0.234 e. The first-order valence-electron chi connectivity index (χ1n) is 7.33. The summed E-state index contributed by atoms with van der Waals surface area (Å²) in [5.74, 6) is 0.954. The summed E-state index contributed by atoms with van der Waals surface area (Å²) < 4.78 is 0. The summed E-state index contributed by atoms with van der Waals surface area (Å²) in [6.07, 6.45) is 2.28. The zero-order valence-corrected chi connectivity index (χ0v) is 12.2. The van der Waals surface area contributed by atoms with Gasteiger partial charge in [-0.15, -0.1) is 0 Å². The Bertz CT molecular complexity index is 235. The highest BCUT2D eigenvalue weighted by Crippen LogP contribution is 2.06. The molecule has 0 aromatic rings. The number of nitrogens with zero attached hydrogens (tertiary/aromatic N) is 2. The number of piperazine rings is 1. The van der Waals surface area contributed by atoms with Crippen molar-refractivity contribution in [1.82, 2.24) is 15.1 Å². The molecule has 18 heavy (non-hydrogen) atoms. The van der Waals surface area contributed by atoms with Gasteiger partial charge in [-0.2, -0.15) is 0 Å². The standard InChI is InChI=1S/C14H29N3O/c1-4-6-15-14(18)12-17-10-8-16(9-11-17)7-5-13(2)3/h13H,4-12H2,1-3H3,(H,15,18). The molecule has 0 aliphatic carbocycles. The highest BCUT2D eigenvalue weighted by atomic mass is 16.2. The van der Waals surface area contributed by atoms with Crippen molar-refractivity contribution in [2.75, 3.05) is 45.8 Å². The fourth-order valence-corrected chi connectivity index (χ4v) is 2.14. The maximum absolute atomic E-state index is 11.6. The summed E-state index contributed by atoms with van der Waals surface area (Å²) in [7, 11) is 0. The Balaban J connectivity index is 2.13. The first-order chi connectivity index (χ1) is 8.61. The lowest BCUT2D eigenvalue weighted by Crippen LogP contribution is -2.49. The molecule has 0 spiro atoms. The van der Waals surface area contributed by atoms with Crippen LogP contribution >= 0.6 is 0 Å². The molecule has 1 heterocycles. The number of rotatable bonds is 7. The summed E-state index contributed by atoms with van der Waals surface area (Å²) in [5, 5.41) is 2.94. The fraction of sp³-hybridized carbons (Fsp3) is 0.929. The number of nitrogens with one attached hydrogen (secondary N) is 1. The van der Waals surface area contributed by atoms with Crippen LogP contribution in [0.2, 0.25) is 0 Å². The molecular weight excluding hydrogens is 226 g/mol. The van der Waals surface area contributed by atoms with Crippen molar-refractivity contribution in [1.29, 1.82) is 0 Å². The second-order valence-corrected chi connectivity index (χ2v) is 5.65. The van der Waals surface area contributed by atoms with Gasteiger partial charge in [0.1, 0.15) is 0 Å². The van der Waals surface area contributed by atoms with Gasteiger partial charge in [0, 0.05) is 32.7 Å². The van der Waals surface area contributed by atoms with Crippen LogP contribution in [0.4, 0.5) is 0 Å². The molecule has 0 aromatic heterocycles. The smallest absolute Gasteiger partial charge is 0.234 e.